The van der Waals surface area contributed by atoms with Gasteiger partial charge in [-0.25, -0.2) is 0 Å². The van der Waals surface area contributed by atoms with Crippen LogP contribution in [0.4, 0.5) is 0 Å². The number of hydrogen-bond acceptors (Lipinski definition) is 4. The van der Waals surface area contributed by atoms with Gasteiger partial charge < -0.3 is 10.2 Å². The molecule has 2 amide bonds. The third kappa shape index (κ3) is 4.65. The number of nitrogens with zero attached hydrogens (tertiary/aromatic N) is 4. The van der Waals surface area contributed by atoms with E-state index in [1.54, 1.807) is 15.8 Å². The molecular weight excluding hydrogens is 318 g/mol. The first-order valence-electron chi connectivity index (χ1n) is 8.55. The SMILES string of the molecule is Cn1cc(CCCNC(=O)C2CC(=O)N(Cc3ccccn3)C2)cn1. The average Bonchev–Trinajstić information content (AvgIpc) is 3.18. The molecule has 1 fully saturated rings. The minimum atomic E-state index is -0.269. The molecule has 25 heavy (non-hydrogen) atoms. The lowest BCUT2D eigenvalue weighted by atomic mass is 10.1. The second kappa shape index (κ2) is 7.92. The van der Waals surface area contributed by atoms with Crippen molar-refractivity contribution in [2.75, 3.05) is 13.1 Å². The van der Waals surface area contributed by atoms with E-state index in [2.05, 4.69) is 15.4 Å². The number of aryl methyl sites for hydroxylation is 2. The summed E-state index contributed by atoms with van der Waals surface area (Å²) in [6, 6.07) is 5.63. The normalized spacial score (nSPS) is 17.1. The number of nitrogens with one attached hydrogen (secondary N) is 1. The Labute approximate surface area is 147 Å². The third-order valence-corrected chi connectivity index (χ3v) is 4.36. The van der Waals surface area contributed by atoms with Crippen molar-refractivity contribution in [3.8, 4) is 0 Å². The zero-order chi connectivity index (χ0) is 17.6. The van der Waals surface area contributed by atoms with Gasteiger partial charge in [-0.3, -0.25) is 19.3 Å². The van der Waals surface area contributed by atoms with Gasteiger partial charge in [-0.1, -0.05) is 6.07 Å². The molecule has 3 rings (SSSR count). The highest BCUT2D eigenvalue weighted by atomic mass is 16.2. The van der Waals surface area contributed by atoms with Crippen LogP contribution in [0, 0.1) is 5.92 Å². The Kier molecular flexibility index (Phi) is 5.42. The monoisotopic (exact) mass is 341 g/mol. The maximum atomic E-state index is 12.3. The molecule has 7 nitrogen and oxygen atoms in total. The molecule has 3 heterocycles. The fourth-order valence-electron chi connectivity index (χ4n) is 3.04. The van der Waals surface area contributed by atoms with Crippen LogP contribution in [0.25, 0.3) is 0 Å². The van der Waals surface area contributed by atoms with Crippen LogP contribution in [0.5, 0.6) is 0 Å². The number of aromatic nitrogens is 3. The molecule has 1 atom stereocenters. The molecule has 1 N–H and O–H groups in total. The molecule has 1 aliphatic heterocycles. The van der Waals surface area contributed by atoms with Gasteiger partial charge in [-0.2, -0.15) is 5.10 Å². The number of likely N-dealkylation sites (tertiary alicyclic amines) is 1. The van der Waals surface area contributed by atoms with Gasteiger partial charge in [0.1, 0.15) is 0 Å². The van der Waals surface area contributed by atoms with E-state index in [0.29, 0.717) is 19.6 Å². The smallest absolute Gasteiger partial charge is 0.225 e. The molecule has 0 bridgehead atoms. The molecule has 0 spiro atoms. The summed E-state index contributed by atoms with van der Waals surface area (Å²) in [7, 11) is 1.89. The van der Waals surface area contributed by atoms with Gasteiger partial charge >= 0.3 is 0 Å². The highest BCUT2D eigenvalue weighted by Crippen LogP contribution is 2.19. The lowest BCUT2D eigenvalue weighted by Gasteiger charge is -2.16. The van der Waals surface area contributed by atoms with Gasteiger partial charge in [-0.15, -0.1) is 0 Å². The Morgan fingerprint density at radius 2 is 2.28 bits per heavy atom. The average molecular weight is 341 g/mol. The molecule has 2 aromatic heterocycles. The molecule has 1 saturated heterocycles. The van der Waals surface area contributed by atoms with Crippen LogP contribution < -0.4 is 5.32 Å². The van der Waals surface area contributed by atoms with Crippen molar-refractivity contribution in [3.63, 3.8) is 0 Å². The fourth-order valence-corrected chi connectivity index (χ4v) is 3.04. The van der Waals surface area contributed by atoms with Crippen LogP contribution in [-0.4, -0.2) is 44.6 Å². The van der Waals surface area contributed by atoms with Gasteiger partial charge in [0.05, 0.1) is 24.4 Å². The third-order valence-electron chi connectivity index (χ3n) is 4.36. The summed E-state index contributed by atoms with van der Waals surface area (Å²) in [5.41, 5.74) is 2.00. The number of hydrogen-bond donors (Lipinski definition) is 1. The van der Waals surface area contributed by atoms with Crippen molar-refractivity contribution >= 4 is 11.8 Å². The van der Waals surface area contributed by atoms with E-state index in [1.165, 1.54) is 0 Å². The molecule has 0 aromatic carbocycles. The van der Waals surface area contributed by atoms with Crippen LogP contribution in [0.15, 0.2) is 36.8 Å². The van der Waals surface area contributed by atoms with Crippen molar-refractivity contribution in [2.45, 2.75) is 25.8 Å². The molecule has 1 aliphatic rings. The molecule has 0 aliphatic carbocycles. The predicted molar refractivity (Wildman–Crippen MR) is 92.3 cm³/mol. The van der Waals surface area contributed by atoms with Crippen LogP contribution >= 0.6 is 0 Å². The molecular formula is C18H23N5O2. The minimum Gasteiger partial charge on any atom is -0.356 e. The summed E-state index contributed by atoms with van der Waals surface area (Å²) in [6.07, 6.45) is 7.54. The molecule has 1 unspecified atom stereocenters. The van der Waals surface area contributed by atoms with Gasteiger partial charge in [-0.05, 0) is 30.5 Å². The Morgan fingerprint density at radius 3 is 3.00 bits per heavy atom. The van der Waals surface area contributed by atoms with E-state index in [0.717, 1.165) is 24.1 Å². The van der Waals surface area contributed by atoms with E-state index in [-0.39, 0.29) is 24.2 Å². The number of carbonyl (C=O) groups excluding carboxylic acids is 2. The molecule has 7 heteroatoms. The van der Waals surface area contributed by atoms with Crippen LogP contribution in [-0.2, 0) is 29.6 Å². The highest BCUT2D eigenvalue weighted by molar-refractivity contribution is 5.89. The van der Waals surface area contributed by atoms with E-state index in [1.807, 2.05) is 37.6 Å². The second-order valence-corrected chi connectivity index (χ2v) is 6.41. The van der Waals surface area contributed by atoms with Crippen molar-refractivity contribution in [3.05, 3.63) is 48.0 Å². The van der Waals surface area contributed by atoms with Crippen LogP contribution in [0.1, 0.15) is 24.1 Å². The lowest BCUT2D eigenvalue weighted by Crippen LogP contribution is -2.33. The Morgan fingerprint density at radius 1 is 1.40 bits per heavy atom. The summed E-state index contributed by atoms with van der Waals surface area (Å²) in [5, 5.41) is 7.07. The maximum Gasteiger partial charge on any atom is 0.225 e. The first-order valence-corrected chi connectivity index (χ1v) is 8.55. The second-order valence-electron chi connectivity index (χ2n) is 6.41. The summed E-state index contributed by atoms with van der Waals surface area (Å²) >= 11 is 0. The highest BCUT2D eigenvalue weighted by Gasteiger charge is 2.34. The maximum absolute atomic E-state index is 12.3. The first kappa shape index (κ1) is 17.1. The zero-order valence-electron chi connectivity index (χ0n) is 14.4. The van der Waals surface area contributed by atoms with Gasteiger partial charge in [0.15, 0.2) is 0 Å². The Bertz CT molecular complexity index is 728. The van der Waals surface area contributed by atoms with Crippen molar-refractivity contribution < 1.29 is 9.59 Å². The van der Waals surface area contributed by atoms with Crippen molar-refractivity contribution in [1.29, 1.82) is 0 Å². The van der Waals surface area contributed by atoms with Gasteiger partial charge in [0.2, 0.25) is 11.8 Å². The lowest BCUT2D eigenvalue weighted by molar-refractivity contribution is -0.129. The van der Waals surface area contributed by atoms with Gasteiger partial charge in [0.25, 0.3) is 0 Å². The predicted octanol–water partition coefficient (Wildman–Crippen LogP) is 0.913. The quantitative estimate of drug-likeness (QED) is 0.759. The van der Waals surface area contributed by atoms with Crippen LogP contribution in [0.3, 0.4) is 0 Å². The van der Waals surface area contributed by atoms with E-state index < -0.39 is 0 Å². The first-order chi connectivity index (χ1) is 12.1. The molecule has 0 radical (unpaired) electrons. The number of carbonyl (C=O) groups is 2. The van der Waals surface area contributed by atoms with E-state index in [9.17, 15) is 9.59 Å². The standard InChI is InChI=1S/C18H23N5O2/c1-22-11-14(10-21-22)5-4-8-20-18(25)15-9-17(24)23(12-15)13-16-6-2-3-7-19-16/h2-3,6-7,10-11,15H,4-5,8-9,12-13H2,1H3,(H,20,25). The van der Waals surface area contributed by atoms with E-state index in [4.69, 9.17) is 0 Å². The molecule has 0 saturated carbocycles. The van der Waals surface area contributed by atoms with E-state index >= 15 is 0 Å². The number of rotatable bonds is 7. The Hall–Kier alpha value is -2.70. The molecule has 2 aromatic rings. The van der Waals surface area contributed by atoms with Gasteiger partial charge in [0, 0.05) is 39.0 Å². The van der Waals surface area contributed by atoms with Crippen molar-refractivity contribution in [2.24, 2.45) is 13.0 Å². The summed E-state index contributed by atoms with van der Waals surface area (Å²) < 4.78 is 1.77. The zero-order valence-corrected chi connectivity index (χ0v) is 14.4. The largest absolute Gasteiger partial charge is 0.356 e. The summed E-state index contributed by atoms with van der Waals surface area (Å²) in [6.45, 7) is 1.53. The minimum absolute atomic E-state index is 0.0150. The number of amides is 2. The summed E-state index contributed by atoms with van der Waals surface area (Å²) in [5.74, 6) is -0.293. The summed E-state index contributed by atoms with van der Waals surface area (Å²) in [4.78, 5) is 30.3. The van der Waals surface area contributed by atoms with Crippen molar-refractivity contribution in [1.82, 2.24) is 25.0 Å². The number of pyridine rings is 1. The topological polar surface area (TPSA) is 80.1 Å². The van der Waals surface area contributed by atoms with Crippen LogP contribution in [0.2, 0.25) is 0 Å². The Balaban J connectivity index is 1.41. The molecule has 132 valence electrons. The fraction of sp³-hybridized carbons (Fsp3) is 0.444.